The maximum Gasteiger partial charge on any atom is 0.226 e. The van der Waals surface area contributed by atoms with Crippen LogP contribution in [0, 0.1) is 12.3 Å². The highest BCUT2D eigenvalue weighted by molar-refractivity contribution is 5.81. The maximum atomic E-state index is 11.5. The van der Waals surface area contributed by atoms with Crippen molar-refractivity contribution in [3.63, 3.8) is 0 Å². The van der Waals surface area contributed by atoms with Crippen LogP contribution in [-0.4, -0.2) is 35.6 Å². The smallest absolute Gasteiger partial charge is 0.226 e. The fourth-order valence-electron chi connectivity index (χ4n) is 1.66. The number of aryl methyl sites for hydroxylation is 1. The van der Waals surface area contributed by atoms with E-state index in [1.54, 1.807) is 13.2 Å². The summed E-state index contributed by atoms with van der Waals surface area (Å²) in [5.41, 5.74) is -0.376. The molecule has 0 atom stereocenters. The first kappa shape index (κ1) is 13.7. The summed E-state index contributed by atoms with van der Waals surface area (Å²) in [6.07, 6.45) is 3.75. The van der Waals surface area contributed by atoms with Gasteiger partial charge in [0.1, 0.15) is 5.82 Å². The molecule has 0 aliphatic rings. The molecule has 1 aromatic rings. The number of rotatable bonds is 6. The molecule has 1 rings (SSSR count). The van der Waals surface area contributed by atoms with Gasteiger partial charge in [0.15, 0.2) is 0 Å². The lowest BCUT2D eigenvalue weighted by Gasteiger charge is -2.23. The summed E-state index contributed by atoms with van der Waals surface area (Å²) in [6.45, 7) is 8.21. The quantitative estimate of drug-likeness (QED) is 0.712. The summed E-state index contributed by atoms with van der Waals surface area (Å²) in [5, 5.41) is 5.97. The van der Waals surface area contributed by atoms with Crippen LogP contribution in [0.15, 0.2) is 12.4 Å². The van der Waals surface area contributed by atoms with Crippen LogP contribution in [0.3, 0.4) is 0 Å². The number of carbonyl (C=O) groups excluding carboxylic acids is 1. The van der Waals surface area contributed by atoms with E-state index in [1.165, 1.54) is 0 Å². The molecule has 0 aliphatic carbocycles. The molecule has 5 heteroatoms. The highest BCUT2D eigenvalue weighted by Crippen LogP contribution is 2.12. The van der Waals surface area contributed by atoms with Crippen LogP contribution in [0.5, 0.6) is 0 Å². The lowest BCUT2D eigenvalue weighted by Crippen LogP contribution is -2.42. The second-order valence-electron chi connectivity index (χ2n) is 4.81. The molecule has 0 spiro atoms. The lowest BCUT2D eigenvalue weighted by molar-refractivity contribution is -0.128. The Morgan fingerprint density at radius 3 is 2.76 bits per heavy atom. The highest BCUT2D eigenvalue weighted by atomic mass is 16.2. The number of aromatic nitrogens is 2. The predicted octanol–water partition coefficient (Wildman–Crippen LogP) is 0.553. The molecule has 0 bridgehead atoms. The Bertz CT molecular complexity index is 370. The summed E-state index contributed by atoms with van der Waals surface area (Å²) in [7, 11) is 1.67. The van der Waals surface area contributed by atoms with Gasteiger partial charge >= 0.3 is 0 Å². The highest BCUT2D eigenvalue weighted by Gasteiger charge is 2.25. The van der Waals surface area contributed by atoms with Crippen molar-refractivity contribution in [2.75, 3.05) is 20.1 Å². The van der Waals surface area contributed by atoms with Gasteiger partial charge in [0.25, 0.3) is 0 Å². The third kappa shape index (κ3) is 3.85. The third-order valence-corrected chi connectivity index (χ3v) is 2.86. The zero-order valence-electron chi connectivity index (χ0n) is 11.1. The summed E-state index contributed by atoms with van der Waals surface area (Å²) < 4.78 is 2.08. The zero-order valence-corrected chi connectivity index (χ0v) is 11.1. The van der Waals surface area contributed by atoms with E-state index in [-0.39, 0.29) is 11.3 Å². The standard InChI is InChI=1S/C12H22N4O/c1-10-15-6-8-16(10)7-5-14-9-12(2,3)11(17)13-4/h6,8,14H,5,7,9H2,1-4H3,(H,13,17). The molecule has 0 saturated heterocycles. The van der Waals surface area contributed by atoms with Crippen molar-refractivity contribution in [2.45, 2.75) is 27.3 Å². The Balaban J connectivity index is 2.29. The number of nitrogens with one attached hydrogen (secondary N) is 2. The van der Waals surface area contributed by atoms with Crippen molar-refractivity contribution in [3.05, 3.63) is 18.2 Å². The van der Waals surface area contributed by atoms with Gasteiger partial charge in [-0.05, 0) is 20.8 Å². The Morgan fingerprint density at radius 1 is 1.53 bits per heavy atom. The Labute approximate surface area is 103 Å². The van der Waals surface area contributed by atoms with Crippen LogP contribution in [0.4, 0.5) is 0 Å². The van der Waals surface area contributed by atoms with Gasteiger partial charge in [-0.1, -0.05) is 0 Å². The van der Waals surface area contributed by atoms with E-state index < -0.39 is 0 Å². The van der Waals surface area contributed by atoms with Crippen molar-refractivity contribution in [1.82, 2.24) is 20.2 Å². The summed E-state index contributed by atoms with van der Waals surface area (Å²) >= 11 is 0. The first-order chi connectivity index (χ1) is 7.97. The van der Waals surface area contributed by atoms with E-state index in [1.807, 2.05) is 27.0 Å². The predicted molar refractivity (Wildman–Crippen MR) is 67.7 cm³/mol. The average Bonchev–Trinajstić information content (AvgIpc) is 2.69. The third-order valence-electron chi connectivity index (χ3n) is 2.86. The van der Waals surface area contributed by atoms with Crippen LogP contribution in [-0.2, 0) is 11.3 Å². The molecular formula is C12H22N4O. The minimum absolute atomic E-state index is 0.0591. The average molecular weight is 238 g/mol. The summed E-state index contributed by atoms with van der Waals surface area (Å²) in [5.74, 6) is 1.07. The number of imidazole rings is 1. The molecule has 2 N–H and O–H groups in total. The van der Waals surface area contributed by atoms with Crippen molar-refractivity contribution < 1.29 is 4.79 Å². The summed E-state index contributed by atoms with van der Waals surface area (Å²) in [6, 6.07) is 0. The van der Waals surface area contributed by atoms with Gasteiger partial charge in [-0.2, -0.15) is 0 Å². The summed E-state index contributed by atoms with van der Waals surface area (Å²) in [4.78, 5) is 15.7. The van der Waals surface area contributed by atoms with Gasteiger partial charge in [-0.15, -0.1) is 0 Å². The lowest BCUT2D eigenvalue weighted by atomic mass is 9.92. The minimum atomic E-state index is -0.376. The SMILES string of the molecule is CNC(=O)C(C)(C)CNCCn1ccnc1C. The van der Waals surface area contributed by atoms with Crippen molar-refractivity contribution >= 4 is 5.91 Å². The van der Waals surface area contributed by atoms with Gasteiger partial charge in [0, 0.05) is 39.1 Å². The first-order valence-corrected chi connectivity index (χ1v) is 5.88. The first-order valence-electron chi connectivity index (χ1n) is 5.88. The molecule has 0 radical (unpaired) electrons. The number of nitrogens with zero attached hydrogens (tertiary/aromatic N) is 2. The normalized spacial score (nSPS) is 11.5. The van der Waals surface area contributed by atoms with Crippen LogP contribution >= 0.6 is 0 Å². The molecule has 0 unspecified atom stereocenters. The second kappa shape index (κ2) is 5.82. The van der Waals surface area contributed by atoms with Crippen molar-refractivity contribution in [2.24, 2.45) is 5.41 Å². The topological polar surface area (TPSA) is 59.0 Å². The number of hydrogen-bond donors (Lipinski definition) is 2. The molecule has 0 saturated carbocycles. The molecule has 17 heavy (non-hydrogen) atoms. The minimum Gasteiger partial charge on any atom is -0.359 e. The number of carbonyl (C=O) groups is 1. The van der Waals surface area contributed by atoms with E-state index in [4.69, 9.17) is 0 Å². The van der Waals surface area contributed by atoms with Gasteiger partial charge in [-0.3, -0.25) is 4.79 Å². The van der Waals surface area contributed by atoms with E-state index in [0.29, 0.717) is 6.54 Å². The fraction of sp³-hybridized carbons (Fsp3) is 0.667. The molecule has 1 heterocycles. The van der Waals surface area contributed by atoms with E-state index in [9.17, 15) is 4.79 Å². The number of amides is 1. The van der Waals surface area contributed by atoms with E-state index >= 15 is 0 Å². The van der Waals surface area contributed by atoms with Crippen molar-refractivity contribution in [3.8, 4) is 0 Å². The largest absolute Gasteiger partial charge is 0.359 e. The molecule has 96 valence electrons. The molecule has 0 fully saturated rings. The second-order valence-corrected chi connectivity index (χ2v) is 4.81. The Kier molecular flexibility index (Phi) is 4.69. The molecule has 0 aliphatic heterocycles. The van der Waals surface area contributed by atoms with E-state index in [2.05, 4.69) is 20.2 Å². The number of hydrogen-bond acceptors (Lipinski definition) is 3. The Morgan fingerprint density at radius 2 is 2.24 bits per heavy atom. The van der Waals surface area contributed by atoms with Gasteiger partial charge in [0.2, 0.25) is 5.91 Å². The zero-order chi connectivity index (χ0) is 12.9. The maximum absolute atomic E-state index is 11.5. The Hall–Kier alpha value is -1.36. The van der Waals surface area contributed by atoms with Gasteiger partial charge in [-0.25, -0.2) is 4.98 Å². The molecule has 1 amide bonds. The van der Waals surface area contributed by atoms with Crippen LogP contribution in [0.1, 0.15) is 19.7 Å². The van der Waals surface area contributed by atoms with Crippen LogP contribution in [0.2, 0.25) is 0 Å². The van der Waals surface area contributed by atoms with Gasteiger partial charge < -0.3 is 15.2 Å². The molecule has 1 aromatic heterocycles. The van der Waals surface area contributed by atoms with Crippen LogP contribution in [0.25, 0.3) is 0 Å². The monoisotopic (exact) mass is 238 g/mol. The molecule has 5 nitrogen and oxygen atoms in total. The molecular weight excluding hydrogens is 216 g/mol. The molecule has 0 aromatic carbocycles. The van der Waals surface area contributed by atoms with Crippen LogP contribution < -0.4 is 10.6 Å². The van der Waals surface area contributed by atoms with Crippen molar-refractivity contribution in [1.29, 1.82) is 0 Å². The fourth-order valence-corrected chi connectivity index (χ4v) is 1.66. The van der Waals surface area contributed by atoms with E-state index in [0.717, 1.165) is 18.9 Å². The van der Waals surface area contributed by atoms with Gasteiger partial charge in [0.05, 0.1) is 5.41 Å².